The van der Waals surface area contributed by atoms with Crippen molar-refractivity contribution in [1.82, 2.24) is 0 Å². The van der Waals surface area contributed by atoms with Gasteiger partial charge in [-0.05, 0) is 70.6 Å². The van der Waals surface area contributed by atoms with Crippen molar-refractivity contribution >= 4 is 5.97 Å². The molecule has 2 fully saturated rings. The number of hydrogen-bond donors (Lipinski definition) is 7. The Morgan fingerprint density at radius 3 is 1.63 bits per heavy atom. The molecule has 63 heavy (non-hydrogen) atoms. The van der Waals surface area contributed by atoms with E-state index in [1.165, 1.54) is 51.4 Å². The minimum atomic E-state index is -1.71. The van der Waals surface area contributed by atoms with Gasteiger partial charge in [-0.15, -0.1) is 0 Å². The molecule has 0 aromatic rings. The Morgan fingerprint density at radius 1 is 0.540 bits per heavy atom. The van der Waals surface area contributed by atoms with Gasteiger partial charge < -0.3 is 64.2 Å². The molecule has 0 radical (unpaired) electrons. The molecular weight excluding hydrogens is 813 g/mol. The third-order valence-corrected chi connectivity index (χ3v) is 11.3. The van der Waals surface area contributed by atoms with Gasteiger partial charge in [0, 0.05) is 13.0 Å². The number of aliphatic hydroxyl groups excluding tert-OH is 7. The molecule has 2 aliphatic heterocycles. The molecule has 2 heterocycles. The zero-order valence-electron chi connectivity index (χ0n) is 38.5. The van der Waals surface area contributed by atoms with Crippen LogP contribution in [0.2, 0.25) is 0 Å². The van der Waals surface area contributed by atoms with Gasteiger partial charge in [-0.25, -0.2) is 0 Å². The molecule has 14 heteroatoms. The second-order valence-electron chi connectivity index (χ2n) is 16.9. The van der Waals surface area contributed by atoms with Crippen molar-refractivity contribution in [3.05, 3.63) is 48.6 Å². The lowest BCUT2D eigenvalue weighted by atomic mass is 9.98. The molecule has 11 atom stereocenters. The highest BCUT2D eigenvalue weighted by Gasteiger charge is 2.47. The molecular formula is C49H86O14. The van der Waals surface area contributed by atoms with Gasteiger partial charge in [0.1, 0.15) is 54.9 Å². The van der Waals surface area contributed by atoms with Crippen molar-refractivity contribution in [1.29, 1.82) is 0 Å². The van der Waals surface area contributed by atoms with Crippen LogP contribution in [-0.4, -0.2) is 142 Å². The van der Waals surface area contributed by atoms with E-state index in [1.807, 2.05) is 0 Å². The van der Waals surface area contributed by atoms with Gasteiger partial charge in [-0.1, -0.05) is 127 Å². The Bertz CT molecular complexity index is 1230. The van der Waals surface area contributed by atoms with Crippen LogP contribution in [0.5, 0.6) is 0 Å². The molecule has 0 aliphatic carbocycles. The molecule has 0 aromatic carbocycles. The minimum absolute atomic E-state index is 0.0490. The largest absolute Gasteiger partial charge is 0.457 e. The fourth-order valence-corrected chi connectivity index (χ4v) is 7.35. The van der Waals surface area contributed by atoms with E-state index in [2.05, 4.69) is 62.5 Å². The Labute approximate surface area is 378 Å². The first-order chi connectivity index (χ1) is 30.6. The van der Waals surface area contributed by atoms with Crippen LogP contribution >= 0.6 is 0 Å². The Kier molecular flexibility index (Phi) is 33.6. The van der Waals surface area contributed by atoms with E-state index in [-0.39, 0.29) is 19.6 Å². The molecule has 7 N–H and O–H groups in total. The molecule has 0 spiro atoms. The minimum Gasteiger partial charge on any atom is -0.457 e. The zero-order chi connectivity index (χ0) is 45.9. The van der Waals surface area contributed by atoms with Gasteiger partial charge in [0.2, 0.25) is 0 Å². The van der Waals surface area contributed by atoms with Crippen LogP contribution in [-0.2, 0) is 33.2 Å². The zero-order valence-corrected chi connectivity index (χ0v) is 38.5. The lowest BCUT2D eigenvalue weighted by Gasteiger charge is -2.42. The van der Waals surface area contributed by atoms with E-state index < -0.39 is 86.7 Å². The molecule has 0 amide bonds. The predicted molar refractivity (Wildman–Crippen MR) is 243 cm³/mol. The molecule has 366 valence electrons. The summed E-state index contributed by atoms with van der Waals surface area (Å²) in [6.07, 6.45) is 24.6. The fraction of sp³-hybridized carbons (Fsp3) is 0.816. The third kappa shape index (κ3) is 25.4. The molecule has 2 saturated heterocycles. The maximum Gasteiger partial charge on any atom is 0.306 e. The van der Waals surface area contributed by atoms with Gasteiger partial charge in [0.15, 0.2) is 12.6 Å². The molecule has 2 rings (SSSR count). The monoisotopic (exact) mass is 899 g/mol. The Hall–Kier alpha value is -2.05. The molecule has 14 nitrogen and oxygen atoms in total. The van der Waals surface area contributed by atoms with Gasteiger partial charge in [-0.2, -0.15) is 0 Å². The van der Waals surface area contributed by atoms with Gasteiger partial charge >= 0.3 is 5.97 Å². The fourth-order valence-electron chi connectivity index (χ4n) is 7.35. The molecule has 0 saturated carbocycles. The van der Waals surface area contributed by atoms with E-state index >= 15 is 0 Å². The maximum atomic E-state index is 13.0. The number of carbonyl (C=O) groups excluding carboxylic acids is 1. The predicted octanol–water partition coefficient (Wildman–Crippen LogP) is 6.40. The highest BCUT2D eigenvalue weighted by molar-refractivity contribution is 5.69. The number of allylic oxidation sites excluding steroid dienone is 8. The Morgan fingerprint density at radius 2 is 1.03 bits per heavy atom. The Balaban J connectivity index is 1.81. The summed E-state index contributed by atoms with van der Waals surface area (Å²) in [7, 11) is 0. The van der Waals surface area contributed by atoms with E-state index in [9.17, 15) is 40.5 Å². The second kappa shape index (κ2) is 37.1. The normalized spacial score (nSPS) is 27.4. The number of aliphatic hydroxyl groups is 7. The highest BCUT2D eigenvalue weighted by atomic mass is 16.7. The quantitative estimate of drug-likeness (QED) is 0.0204. The van der Waals surface area contributed by atoms with Crippen LogP contribution in [0.25, 0.3) is 0 Å². The van der Waals surface area contributed by atoms with Crippen molar-refractivity contribution in [3.8, 4) is 0 Å². The summed E-state index contributed by atoms with van der Waals surface area (Å²) in [5.74, 6) is -0.397. The van der Waals surface area contributed by atoms with E-state index in [0.29, 0.717) is 13.0 Å². The lowest BCUT2D eigenvalue weighted by Crippen LogP contribution is -2.61. The summed E-state index contributed by atoms with van der Waals surface area (Å²) in [5.41, 5.74) is 0. The van der Waals surface area contributed by atoms with Crippen LogP contribution in [0.3, 0.4) is 0 Å². The van der Waals surface area contributed by atoms with Gasteiger partial charge in [0.05, 0.1) is 26.4 Å². The second-order valence-corrected chi connectivity index (χ2v) is 16.9. The number of ether oxygens (including phenoxy) is 6. The van der Waals surface area contributed by atoms with Crippen LogP contribution < -0.4 is 0 Å². The first-order valence-electron chi connectivity index (χ1n) is 24.2. The van der Waals surface area contributed by atoms with Crippen molar-refractivity contribution in [3.63, 3.8) is 0 Å². The standard InChI is InChI=1S/C49H86O14/c1-3-5-7-9-11-13-15-17-19-20-22-24-26-28-30-32-41(51)61-38(35-58-33-31-29-27-25-23-21-18-16-14-12-10-8-6-4-2)36-59-48-47(57)45(55)43(53)40(63-48)37-60-49-46(56)44(54)42(52)39(34-50)62-49/h5,7,11,13-14,16-17,19,38-40,42-50,52-57H,3-4,6,8-10,12,15,18,20-37H2,1-2H3/b7-5-,13-11-,16-14-,19-17-. The summed E-state index contributed by atoms with van der Waals surface area (Å²) < 4.78 is 34.2. The third-order valence-electron chi connectivity index (χ3n) is 11.3. The highest BCUT2D eigenvalue weighted by Crippen LogP contribution is 2.26. The molecule has 2 aliphatic rings. The van der Waals surface area contributed by atoms with E-state index in [0.717, 1.165) is 77.0 Å². The first-order valence-corrected chi connectivity index (χ1v) is 24.2. The number of hydrogen-bond acceptors (Lipinski definition) is 14. The summed E-state index contributed by atoms with van der Waals surface area (Å²) >= 11 is 0. The average Bonchev–Trinajstić information content (AvgIpc) is 3.28. The summed E-state index contributed by atoms with van der Waals surface area (Å²) in [6, 6.07) is 0. The summed E-state index contributed by atoms with van der Waals surface area (Å²) in [5, 5.41) is 72.0. The molecule has 0 aromatic heterocycles. The van der Waals surface area contributed by atoms with Crippen molar-refractivity contribution in [2.45, 2.75) is 223 Å². The topological polar surface area (TPSA) is 214 Å². The van der Waals surface area contributed by atoms with Gasteiger partial charge in [0.25, 0.3) is 0 Å². The van der Waals surface area contributed by atoms with Crippen molar-refractivity contribution in [2.75, 3.05) is 33.0 Å². The smallest absolute Gasteiger partial charge is 0.306 e. The molecule has 11 unspecified atom stereocenters. The first kappa shape index (κ1) is 57.1. The maximum absolute atomic E-state index is 13.0. The van der Waals surface area contributed by atoms with Crippen molar-refractivity contribution in [2.24, 2.45) is 0 Å². The van der Waals surface area contributed by atoms with Crippen LogP contribution in [0, 0.1) is 0 Å². The van der Waals surface area contributed by atoms with Crippen molar-refractivity contribution < 1.29 is 69.0 Å². The van der Waals surface area contributed by atoms with Crippen LogP contribution in [0.1, 0.15) is 155 Å². The molecule has 0 bridgehead atoms. The number of rotatable bonds is 37. The van der Waals surface area contributed by atoms with Crippen LogP contribution in [0.4, 0.5) is 0 Å². The number of esters is 1. The van der Waals surface area contributed by atoms with E-state index in [1.54, 1.807) is 0 Å². The number of carbonyl (C=O) groups is 1. The van der Waals surface area contributed by atoms with Gasteiger partial charge in [-0.3, -0.25) is 4.79 Å². The average molecular weight is 899 g/mol. The lowest BCUT2D eigenvalue weighted by molar-refractivity contribution is -0.332. The van der Waals surface area contributed by atoms with E-state index in [4.69, 9.17) is 28.4 Å². The van der Waals surface area contributed by atoms with Crippen LogP contribution in [0.15, 0.2) is 48.6 Å². The summed E-state index contributed by atoms with van der Waals surface area (Å²) in [4.78, 5) is 13.0. The number of unbranched alkanes of at least 4 members (excludes halogenated alkanes) is 15. The summed E-state index contributed by atoms with van der Waals surface area (Å²) in [6.45, 7) is 3.51. The SMILES string of the molecule is CC/C=C\C/C=C\C/C=C\CCCCCCCC(=O)OC(COCCCCCCCC/C=C\CCCCCC)COC1OC(COC2OC(CO)C(O)C(O)C2O)C(O)C(O)C1O.